The van der Waals surface area contributed by atoms with Crippen molar-refractivity contribution in [2.24, 2.45) is 5.73 Å². The molecule has 1 unspecified atom stereocenters. The summed E-state index contributed by atoms with van der Waals surface area (Å²) in [4.78, 5) is 62.0. The van der Waals surface area contributed by atoms with Crippen LogP contribution in [0.5, 0.6) is 11.5 Å². The molecule has 3 atom stereocenters. The van der Waals surface area contributed by atoms with E-state index in [1.54, 1.807) is 18.2 Å². The molecule has 1 aromatic carbocycles. The summed E-state index contributed by atoms with van der Waals surface area (Å²) >= 11 is 1.28. The Bertz CT molecular complexity index is 1180. The maximum atomic E-state index is 13.0. The van der Waals surface area contributed by atoms with E-state index >= 15 is 0 Å². The molecule has 3 heterocycles. The number of nitrogens with zero attached hydrogens (tertiary/aromatic N) is 1. The molecular formula is C23H26ClN3O10S. The van der Waals surface area contributed by atoms with Crippen molar-refractivity contribution in [3.05, 3.63) is 35.0 Å². The number of hydrogen-bond acceptors (Lipinski definition) is 12. The minimum Gasteiger partial charge on any atom is -0.461 e. The molecule has 1 aromatic rings. The number of benzene rings is 1. The normalized spacial score (nSPS) is 19.9. The van der Waals surface area contributed by atoms with E-state index in [2.05, 4.69) is 10.1 Å². The van der Waals surface area contributed by atoms with Crippen LogP contribution in [-0.4, -0.2) is 78.0 Å². The number of amides is 2. The number of ether oxygens (including phenoxy) is 5. The van der Waals surface area contributed by atoms with Gasteiger partial charge in [-0.2, -0.15) is 0 Å². The maximum Gasteiger partial charge on any atom is 0.358 e. The molecule has 0 bridgehead atoms. The first-order valence-electron chi connectivity index (χ1n) is 11.2. The third-order valence-corrected chi connectivity index (χ3v) is 7.01. The van der Waals surface area contributed by atoms with Crippen LogP contribution in [0.1, 0.15) is 19.4 Å². The second-order valence-electron chi connectivity index (χ2n) is 8.31. The van der Waals surface area contributed by atoms with E-state index in [0.717, 1.165) is 12.5 Å². The molecule has 4 rings (SSSR count). The van der Waals surface area contributed by atoms with Gasteiger partial charge in [-0.15, -0.1) is 24.2 Å². The summed E-state index contributed by atoms with van der Waals surface area (Å²) in [6.07, 6.45) is 0.199. The molecule has 0 radical (unpaired) electrons. The molecule has 0 spiro atoms. The van der Waals surface area contributed by atoms with Crippen LogP contribution in [0.3, 0.4) is 0 Å². The van der Waals surface area contributed by atoms with Crippen molar-refractivity contribution in [3.63, 3.8) is 0 Å². The molecule has 0 saturated carbocycles. The van der Waals surface area contributed by atoms with E-state index < -0.39 is 54.0 Å². The Balaban J connectivity index is 0.00000400. The van der Waals surface area contributed by atoms with Gasteiger partial charge >= 0.3 is 17.9 Å². The SMILES string of the molecule is CC(=O)OCOC(=O)C1=C(COC(C)=O)CS[C@@H]2[C@H](NC(=O)C(N)Cc3ccc4c(c3)OCO4)C(=O)N12.Cl. The van der Waals surface area contributed by atoms with Crippen LogP contribution >= 0.6 is 24.2 Å². The number of halogens is 1. The van der Waals surface area contributed by atoms with Crippen molar-refractivity contribution in [1.82, 2.24) is 10.2 Å². The number of fused-ring (bicyclic) bond motifs is 2. The third kappa shape index (κ3) is 6.31. The zero-order valence-electron chi connectivity index (χ0n) is 20.4. The second kappa shape index (κ2) is 12.4. The van der Waals surface area contributed by atoms with Gasteiger partial charge in [0.05, 0.1) is 6.04 Å². The van der Waals surface area contributed by atoms with E-state index in [-0.39, 0.29) is 43.7 Å². The van der Waals surface area contributed by atoms with Gasteiger partial charge in [0, 0.05) is 25.2 Å². The molecule has 13 nitrogen and oxygen atoms in total. The number of nitrogens with two attached hydrogens (primary N) is 1. The third-order valence-electron chi connectivity index (χ3n) is 5.67. The standard InChI is InChI=1S/C23H25N3O10S.ClH/c1-11(27)32-7-14-8-37-22-18(21(30)26(22)19(14)23(31)36-9-33-12(2)28)25-20(29)15(24)5-13-3-4-16-17(6-13)35-10-34-16;/h3-4,6,15,18,22H,5,7-10,24H2,1-2H3,(H,25,29);1H/t15?,18-,22-;/m1./s1. The summed E-state index contributed by atoms with van der Waals surface area (Å²) in [6, 6.07) is 3.38. The first-order chi connectivity index (χ1) is 17.7. The summed E-state index contributed by atoms with van der Waals surface area (Å²) in [7, 11) is 0. The monoisotopic (exact) mass is 571 g/mol. The highest BCUT2D eigenvalue weighted by molar-refractivity contribution is 8.00. The van der Waals surface area contributed by atoms with Crippen LogP contribution < -0.4 is 20.5 Å². The fourth-order valence-corrected chi connectivity index (χ4v) is 5.21. The molecule has 0 aliphatic carbocycles. The van der Waals surface area contributed by atoms with E-state index in [9.17, 15) is 24.0 Å². The number of thioether (sulfide) groups is 1. The predicted octanol–water partition coefficient (Wildman–Crippen LogP) is -0.0122. The Morgan fingerprint density at radius 2 is 1.84 bits per heavy atom. The summed E-state index contributed by atoms with van der Waals surface area (Å²) < 4.78 is 25.2. The number of β-lactam (4-membered cyclic amide) rings is 1. The molecule has 3 aliphatic rings. The smallest absolute Gasteiger partial charge is 0.358 e. The number of rotatable bonds is 9. The van der Waals surface area contributed by atoms with Crippen LogP contribution in [0.15, 0.2) is 29.5 Å². The van der Waals surface area contributed by atoms with E-state index in [0.29, 0.717) is 17.1 Å². The van der Waals surface area contributed by atoms with Crippen LogP contribution in [0, 0.1) is 0 Å². The molecule has 1 saturated heterocycles. The lowest BCUT2D eigenvalue weighted by Gasteiger charge is -2.49. The Labute approximate surface area is 227 Å². The molecular weight excluding hydrogens is 546 g/mol. The zero-order chi connectivity index (χ0) is 26.7. The summed E-state index contributed by atoms with van der Waals surface area (Å²) in [5.41, 5.74) is 7.09. The minimum absolute atomic E-state index is 0. The Morgan fingerprint density at radius 1 is 1.13 bits per heavy atom. The molecule has 1 fully saturated rings. The molecule has 15 heteroatoms. The largest absolute Gasteiger partial charge is 0.461 e. The molecule has 38 heavy (non-hydrogen) atoms. The summed E-state index contributed by atoms with van der Waals surface area (Å²) in [5, 5.41) is 2.05. The fourth-order valence-electron chi connectivity index (χ4n) is 3.88. The fraction of sp³-hybridized carbons (Fsp3) is 0.435. The number of carbonyl (C=O) groups excluding carboxylic acids is 5. The lowest BCUT2D eigenvalue weighted by Crippen LogP contribution is -2.71. The molecule has 3 aliphatic heterocycles. The molecule has 0 aromatic heterocycles. The number of carbonyl (C=O) groups is 5. The van der Waals surface area contributed by atoms with Crippen LogP contribution in [0.4, 0.5) is 0 Å². The van der Waals surface area contributed by atoms with Gasteiger partial charge in [-0.05, 0) is 24.1 Å². The highest BCUT2D eigenvalue weighted by atomic mass is 35.5. The molecule has 2 amide bonds. The van der Waals surface area contributed by atoms with Gasteiger partial charge in [-0.25, -0.2) is 4.79 Å². The summed E-state index contributed by atoms with van der Waals surface area (Å²) in [5.74, 6) is -1.83. The first kappa shape index (κ1) is 29.1. The molecule has 206 valence electrons. The van der Waals surface area contributed by atoms with Gasteiger partial charge in [0.15, 0.2) is 11.5 Å². The predicted molar refractivity (Wildman–Crippen MR) is 133 cm³/mol. The highest BCUT2D eigenvalue weighted by Gasteiger charge is 2.54. The Morgan fingerprint density at radius 3 is 2.55 bits per heavy atom. The summed E-state index contributed by atoms with van der Waals surface area (Å²) in [6.45, 7) is 1.61. The van der Waals surface area contributed by atoms with E-state index in [1.165, 1.54) is 23.6 Å². The number of nitrogens with one attached hydrogen (secondary N) is 1. The lowest BCUT2D eigenvalue weighted by atomic mass is 10.0. The number of hydrogen-bond donors (Lipinski definition) is 2. The van der Waals surface area contributed by atoms with Gasteiger partial charge in [-0.1, -0.05) is 6.07 Å². The lowest BCUT2D eigenvalue weighted by molar-refractivity contribution is -0.167. The van der Waals surface area contributed by atoms with Crippen LogP contribution in [-0.2, 0) is 44.6 Å². The average molecular weight is 572 g/mol. The average Bonchev–Trinajstić information content (AvgIpc) is 3.32. The first-order valence-corrected chi connectivity index (χ1v) is 12.3. The highest BCUT2D eigenvalue weighted by Crippen LogP contribution is 2.41. The van der Waals surface area contributed by atoms with E-state index in [4.69, 9.17) is 24.7 Å². The Hall–Kier alpha value is -3.49. The minimum atomic E-state index is -0.945. The van der Waals surface area contributed by atoms with Gasteiger partial charge < -0.3 is 34.7 Å². The van der Waals surface area contributed by atoms with Crippen molar-refractivity contribution in [2.45, 2.75) is 37.7 Å². The van der Waals surface area contributed by atoms with Gasteiger partial charge in [-0.3, -0.25) is 24.1 Å². The Kier molecular flexibility index (Phi) is 9.46. The van der Waals surface area contributed by atoms with Crippen molar-refractivity contribution in [2.75, 3.05) is 25.9 Å². The van der Waals surface area contributed by atoms with Crippen molar-refractivity contribution >= 4 is 53.9 Å². The van der Waals surface area contributed by atoms with Crippen LogP contribution in [0.2, 0.25) is 0 Å². The van der Waals surface area contributed by atoms with Gasteiger partial charge in [0.2, 0.25) is 19.5 Å². The van der Waals surface area contributed by atoms with Crippen molar-refractivity contribution in [3.8, 4) is 11.5 Å². The zero-order valence-corrected chi connectivity index (χ0v) is 22.1. The van der Waals surface area contributed by atoms with Crippen molar-refractivity contribution < 1.29 is 47.7 Å². The van der Waals surface area contributed by atoms with Crippen LogP contribution in [0.25, 0.3) is 0 Å². The quantitative estimate of drug-likeness (QED) is 0.231. The van der Waals surface area contributed by atoms with Crippen molar-refractivity contribution in [1.29, 1.82) is 0 Å². The van der Waals surface area contributed by atoms with E-state index in [1.807, 2.05) is 0 Å². The maximum absolute atomic E-state index is 13.0. The number of esters is 3. The molecule has 3 N–H and O–H groups in total. The topological polar surface area (TPSA) is 173 Å². The van der Waals surface area contributed by atoms with Gasteiger partial charge in [0.1, 0.15) is 23.7 Å². The second-order valence-corrected chi connectivity index (χ2v) is 9.42. The van der Waals surface area contributed by atoms with Gasteiger partial charge in [0.25, 0.3) is 5.91 Å².